The minimum atomic E-state index is -0.258. The molecule has 0 saturated carbocycles. The van der Waals surface area contributed by atoms with E-state index in [1.54, 1.807) is 43.5 Å². The van der Waals surface area contributed by atoms with E-state index in [0.717, 1.165) is 11.3 Å². The predicted octanol–water partition coefficient (Wildman–Crippen LogP) is 3.94. The lowest BCUT2D eigenvalue weighted by Gasteiger charge is -2.18. The van der Waals surface area contributed by atoms with Crippen LogP contribution in [0.3, 0.4) is 0 Å². The number of carbonyl (C=O) groups is 2. The number of hydrogen-bond acceptors (Lipinski definition) is 4. The zero-order chi connectivity index (χ0) is 21.5. The van der Waals surface area contributed by atoms with Crippen LogP contribution in [0.1, 0.15) is 26.3 Å². The maximum Gasteiger partial charge on any atom is 0.255 e. The third kappa shape index (κ3) is 5.17. The fourth-order valence-corrected chi connectivity index (χ4v) is 3.00. The Morgan fingerprint density at radius 3 is 2.23 bits per heavy atom. The number of anilines is 2. The summed E-state index contributed by atoms with van der Waals surface area (Å²) in [5.41, 5.74) is 3.32. The molecular formula is C24H25N3O3. The average molecular weight is 403 g/mol. The van der Waals surface area contributed by atoms with Crippen molar-refractivity contribution in [3.05, 3.63) is 89.5 Å². The van der Waals surface area contributed by atoms with Crippen molar-refractivity contribution in [2.75, 3.05) is 31.4 Å². The molecule has 0 aliphatic heterocycles. The molecule has 0 saturated heterocycles. The monoisotopic (exact) mass is 403 g/mol. The van der Waals surface area contributed by atoms with Crippen LogP contribution in [0.4, 0.5) is 11.4 Å². The molecule has 0 radical (unpaired) electrons. The van der Waals surface area contributed by atoms with E-state index in [4.69, 9.17) is 4.74 Å². The van der Waals surface area contributed by atoms with E-state index in [2.05, 4.69) is 10.6 Å². The quantitative estimate of drug-likeness (QED) is 0.627. The lowest BCUT2D eigenvalue weighted by Crippen LogP contribution is -2.25. The molecule has 6 heteroatoms. The van der Waals surface area contributed by atoms with Gasteiger partial charge in [0.15, 0.2) is 0 Å². The van der Waals surface area contributed by atoms with Crippen LogP contribution in [0, 0.1) is 0 Å². The number of nitrogens with one attached hydrogen (secondary N) is 2. The molecule has 154 valence electrons. The van der Waals surface area contributed by atoms with Gasteiger partial charge in [0, 0.05) is 37.6 Å². The zero-order valence-corrected chi connectivity index (χ0v) is 17.3. The Kier molecular flexibility index (Phi) is 6.70. The molecule has 2 amide bonds. The van der Waals surface area contributed by atoms with E-state index < -0.39 is 0 Å². The first-order chi connectivity index (χ1) is 14.5. The number of ether oxygens (including phenoxy) is 1. The first kappa shape index (κ1) is 20.9. The predicted molar refractivity (Wildman–Crippen MR) is 119 cm³/mol. The average Bonchev–Trinajstić information content (AvgIpc) is 2.78. The molecular weight excluding hydrogens is 378 g/mol. The summed E-state index contributed by atoms with van der Waals surface area (Å²) in [4.78, 5) is 27.3. The molecule has 0 unspecified atom stereocenters. The Morgan fingerprint density at radius 1 is 0.900 bits per heavy atom. The van der Waals surface area contributed by atoms with Gasteiger partial charge in [0.1, 0.15) is 5.75 Å². The molecule has 6 nitrogen and oxygen atoms in total. The fraction of sp³-hybridized carbons (Fsp3) is 0.167. The number of rotatable bonds is 7. The normalized spacial score (nSPS) is 10.2. The second kappa shape index (κ2) is 9.60. The number of hydrogen-bond donors (Lipinski definition) is 2. The minimum absolute atomic E-state index is 0.205. The van der Waals surface area contributed by atoms with E-state index in [1.165, 1.54) is 0 Å². The summed E-state index contributed by atoms with van der Waals surface area (Å²) in [5.74, 6) is 0.216. The van der Waals surface area contributed by atoms with E-state index in [9.17, 15) is 9.59 Å². The fourth-order valence-electron chi connectivity index (χ4n) is 3.00. The minimum Gasteiger partial charge on any atom is -0.497 e. The molecule has 3 aromatic rings. The third-order valence-corrected chi connectivity index (χ3v) is 4.63. The maximum absolute atomic E-state index is 12.9. The smallest absolute Gasteiger partial charge is 0.255 e. The summed E-state index contributed by atoms with van der Waals surface area (Å²) in [6.07, 6.45) is 0. The third-order valence-electron chi connectivity index (χ3n) is 4.63. The second-order valence-corrected chi connectivity index (χ2v) is 6.98. The first-order valence-electron chi connectivity index (χ1n) is 9.57. The maximum atomic E-state index is 12.9. The summed E-state index contributed by atoms with van der Waals surface area (Å²) in [5, 5.41) is 5.80. The van der Waals surface area contributed by atoms with Crippen LogP contribution >= 0.6 is 0 Å². The van der Waals surface area contributed by atoms with Crippen molar-refractivity contribution in [1.82, 2.24) is 5.32 Å². The lowest BCUT2D eigenvalue weighted by atomic mass is 10.1. The Morgan fingerprint density at radius 2 is 1.60 bits per heavy atom. The van der Waals surface area contributed by atoms with E-state index in [1.807, 2.05) is 55.4 Å². The van der Waals surface area contributed by atoms with E-state index in [-0.39, 0.29) is 11.8 Å². The van der Waals surface area contributed by atoms with Gasteiger partial charge in [0.25, 0.3) is 11.8 Å². The van der Waals surface area contributed by atoms with Crippen molar-refractivity contribution in [3.63, 3.8) is 0 Å². The molecule has 0 heterocycles. The standard InChI is InChI=1S/C24H25N3O3/c1-27(2)22-14-11-19(26-23(28)18-9-12-20(30-3)13-10-18)15-21(22)24(29)25-16-17-7-5-4-6-8-17/h4-15H,16H2,1-3H3,(H,25,29)(H,26,28). The number of benzene rings is 3. The first-order valence-corrected chi connectivity index (χ1v) is 9.57. The summed E-state index contributed by atoms with van der Waals surface area (Å²) in [7, 11) is 5.32. The van der Waals surface area contributed by atoms with Gasteiger partial charge in [-0.25, -0.2) is 0 Å². The summed E-state index contributed by atoms with van der Waals surface area (Å²) >= 11 is 0. The van der Waals surface area contributed by atoms with Gasteiger partial charge in [0.2, 0.25) is 0 Å². The Balaban J connectivity index is 1.77. The highest BCUT2D eigenvalue weighted by Gasteiger charge is 2.15. The largest absolute Gasteiger partial charge is 0.497 e. The van der Waals surface area contributed by atoms with Crippen LogP contribution in [0.15, 0.2) is 72.8 Å². The van der Waals surface area contributed by atoms with Gasteiger partial charge in [-0.3, -0.25) is 9.59 Å². The van der Waals surface area contributed by atoms with Crippen LogP contribution in [-0.4, -0.2) is 33.0 Å². The SMILES string of the molecule is COc1ccc(C(=O)Nc2ccc(N(C)C)c(C(=O)NCc3ccccc3)c2)cc1. The van der Waals surface area contributed by atoms with Crippen molar-refractivity contribution in [1.29, 1.82) is 0 Å². The highest BCUT2D eigenvalue weighted by Crippen LogP contribution is 2.24. The summed E-state index contributed by atoms with van der Waals surface area (Å²) in [6, 6.07) is 21.8. The molecule has 0 spiro atoms. The molecule has 0 aromatic heterocycles. The molecule has 0 aliphatic carbocycles. The van der Waals surface area contributed by atoms with Crippen molar-refractivity contribution in [2.24, 2.45) is 0 Å². The topological polar surface area (TPSA) is 70.7 Å². The van der Waals surface area contributed by atoms with Gasteiger partial charge in [0.05, 0.1) is 12.7 Å². The molecule has 0 atom stereocenters. The molecule has 0 fully saturated rings. The zero-order valence-electron chi connectivity index (χ0n) is 17.3. The van der Waals surface area contributed by atoms with Gasteiger partial charge >= 0.3 is 0 Å². The second-order valence-electron chi connectivity index (χ2n) is 6.98. The highest BCUT2D eigenvalue weighted by molar-refractivity contribution is 6.06. The summed E-state index contributed by atoms with van der Waals surface area (Å²) < 4.78 is 5.12. The van der Waals surface area contributed by atoms with Gasteiger partial charge in [-0.2, -0.15) is 0 Å². The van der Waals surface area contributed by atoms with Crippen LogP contribution < -0.4 is 20.3 Å². The van der Waals surface area contributed by atoms with Gasteiger partial charge in [-0.15, -0.1) is 0 Å². The van der Waals surface area contributed by atoms with Gasteiger partial charge in [-0.1, -0.05) is 30.3 Å². The molecule has 0 aliphatic rings. The number of carbonyl (C=O) groups excluding carboxylic acids is 2. The van der Waals surface area contributed by atoms with Crippen molar-refractivity contribution >= 4 is 23.2 Å². The number of nitrogens with zero attached hydrogens (tertiary/aromatic N) is 1. The van der Waals surface area contributed by atoms with Crippen LogP contribution in [0.2, 0.25) is 0 Å². The Hall–Kier alpha value is -3.80. The van der Waals surface area contributed by atoms with Crippen molar-refractivity contribution in [3.8, 4) is 5.75 Å². The van der Waals surface area contributed by atoms with E-state index in [0.29, 0.717) is 29.1 Å². The highest BCUT2D eigenvalue weighted by atomic mass is 16.5. The molecule has 30 heavy (non-hydrogen) atoms. The Labute approximate surface area is 176 Å². The molecule has 0 bridgehead atoms. The lowest BCUT2D eigenvalue weighted by molar-refractivity contribution is 0.0950. The van der Waals surface area contributed by atoms with Gasteiger partial charge < -0.3 is 20.3 Å². The van der Waals surface area contributed by atoms with Crippen LogP contribution in [0.5, 0.6) is 5.75 Å². The molecule has 3 aromatic carbocycles. The summed E-state index contributed by atoms with van der Waals surface area (Å²) in [6.45, 7) is 0.426. The molecule has 2 N–H and O–H groups in total. The number of amides is 2. The van der Waals surface area contributed by atoms with Crippen LogP contribution in [0.25, 0.3) is 0 Å². The van der Waals surface area contributed by atoms with Crippen molar-refractivity contribution < 1.29 is 14.3 Å². The van der Waals surface area contributed by atoms with Gasteiger partial charge in [-0.05, 0) is 48.0 Å². The molecule has 3 rings (SSSR count). The van der Waals surface area contributed by atoms with E-state index >= 15 is 0 Å². The van der Waals surface area contributed by atoms with Crippen LogP contribution in [-0.2, 0) is 6.54 Å². The Bertz CT molecular complexity index is 1020. The number of methoxy groups -OCH3 is 1. The van der Waals surface area contributed by atoms with Crippen molar-refractivity contribution in [2.45, 2.75) is 6.54 Å².